The summed E-state index contributed by atoms with van der Waals surface area (Å²) in [5.41, 5.74) is 0.0874. The Balaban J connectivity index is 2.06. The molecular weight excluding hydrogens is 336 g/mol. The second-order valence-corrected chi connectivity index (χ2v) is 6.76. The summed E-state index contributed by atoms with van der Waals surface area (Å²) in [4.78, 5) is 26.7. The number of hydrogen-bond donors (Lipinski definition) is 0. The lowest BCUT2D eigenvalue weighted by Crippen LogP contribution is -2.48. The number of likely N-dealkylation sites (N-methyl/N-ethyl adjacent to an activating group) is 1. The molecule has 21 heavy (non-hydrogen) atoms. The first-order chi connectivity index (χ1) is 10.00. The summed E-state index contributed by atoms with van der Waals surface area (Å²) in [7, 11) is 1.82. The highest BCUT2D eigenvalue weighted by Gasteiger charge is 2.52. The number of pyridine rings is 1. The summed E-state index contributed by atoms with van der Waals surface area (Å²) in [6, 6.07) is 0. The van der Waals surface area contributed by atoms with Gasteiger partial charge in [0, 0.05) is 19.8 Å². The van der Waals surface area contributed by atoms with Crippen molar-refractivity contribution in [2.24, 2.45) is 0 Å². The minimum atomic E-state index is -0.245. The predicted molar refractivity (Wildman–Crippen MR) is 82.9 cm³/mol. The number of halogens is 1. The van der Waals surface area contributed by atoms with E-state index >= 15 is 0 Å². The molecule has 0 saturated heterocycles. The molecule has 0 unspecified atom stereocenters. The lowest BCUT2D eigenvalue weighted by atomic mass is 10.1. The molecular formula is C15H19BrN2O3. The maximum absolute atomic E-state index is 12.7. The molecule has 0 bridgehead atoms. The molecule has 0 atom stereocenters. The van der Waals surface area contributed by atoms with E-state index in [0.29, 0.717) is 16.8 Å². The monoisotopic (exact) mass is 354 g/mol. The van der Waals surface area contributed by atoms with Crippen LogP contribution in [-0.2, 0) is 6.54 Å². The second-order valence-electron chi connectivity index (χ2n) is 5.90. The topological polar surface area (TPSA) is 51.5 Å². The van der Waals surface area contributed by atoms with Crippen LogP contribution in [0.2, 0.25) is 0 Å². The van der Waals surface area contributed by atoms with Gasteiger partial charge in [-0.1, -0.05) is 13.3 Å². The molecule has 0 aromatic carbocycles. The van der Waals surface area contributed by atoms with E-state index in [4.69, 9.17) is 4.74 Å². The van der Waals surface area contributed by atoms with Gasteiger partial charge in [0.15, 0.2) is 11.4 Å². The van der Waals surface area contributed by atoms with Gasteiger partial charge in [-0.15, -0.1) is 0 Å². The van der Waals surface area contributed by atoms with Crippen LogP contribution in [0.3, 0.4) is 0 Å². The van der Waals surface area contributed by atoms with Gasteiger partial charge in [-0.3, -0.25) is 9.59 Å². The Morgan fingerprint density at radius 2 is 2.10 bits per heavy atom. The second kappa shape index (κ2) is 5.16. The molecule has 1 amide bonds. The van der Waals surface area contributed by atoms with Crippen molar-refractivity contribution in [1.82, 2.24) is 9.47 Å². The Labute approximate surface area is 132 Å². The molecule has 0 radical (unpaired) electrons. The SMILES string of the molecule is CCCCOc1c2n(cc(Br)c1=O)CC1(CC1)N(C)C2=O. The van der Waals surface area contributed by atoms with Gasteiger partial charge in [-0.25, -0.2) is 0 Å². The molecule has 1 aromatic rings. The zero-order valence-electron chi connectivity index (χ0n) is 12.3. The number of rotatable bonds is 4. The first kappa shape index (κ1) is 14.6. The fraction of sp³-hybridized carbons (Fsp3) is 0.600. The van der Waals surface area contributed by atoms with Gasteiger partial charge < -0.3 is 14.2 Å². The van der Waals surface area contributed by atoms with E-state index in [1.807, 2.05) is 11.6 Å². The Morgan fingerprint density at radius 3 is 2.71 bits per heavy atom. The van der Waals surface area contributed by atoms with Crippen LogP contribution >= 0.6 is 15.9 Å². The number of aromatic nitrogens is 1. The summed E-state index contributed by atoms with van der Waals surface area (Å²) in [5, 5.41) is 0. The molecule has 0 N–H and O–H groups in total. The number of amides is 1. The number of fused-ring (bicyclic) bond motifs is 1. The normalized spacial score (nSPS) is 18.8. The van der Waals surface area contributed by atoms with Crippen LogP contribution < -0.4 is 10.2 Å². The molecule has 5 nitrogen and oxygen atoms in total. The standard InChI is InChI=1S/C15H19BrN2O3/c1-3-4-7-21-13-11-14(20)17(2)15(5-6-15)9-18(11)8-10(16)12(13)19/h8H,3-7,9H2,1-2H3. The number of carbonyl (C=O) groups excluding carboxylic acids is 1. The highest BCUT2D eigenvalue weighted by Crippen LogP contribution is 2.46. The van der Waals surface area contributed by atoms with E-state index < -0.39 is 0 Å². The summed E-state index contributed by atoms with van der Waals surface area (Å²) >= 11 is 3.29. The van der Waals surface area contributed by atoms with Crippen LogP contribution in [0, 0.1) is 0 Å². The lowest BCUT2D eigenvalue weighted by Gasteiger charge is -2.36. The fourth-order valence-electron chi connectivity index (χ4n) is 2.84. The Hall–Kier alpha value is -1.30. The van der Waals surface area contributed by atoms with Crippen LogP contribution in [0.1, 0.15) is 43.1 Å². The van der Waals surface area contributed by atoms with E-state index in [-0.39, 0.29) is 22.6 Å². The molecule has 6 heteroatoms. The Morgan fingerprint density at radius 1 is 1.38 bits per heavy atom. The summed E-state index contributed by atoms with van der Waals surface area (Å²) < 4.78 is 7.98. The molecule has 1 aromatic heterocycles. The zero-order chi connectivity index (χ0) is 15.2. The number of unbranched alkanes of at least 4 members (excludes halogenated alkanes) is 1. The van der Waals surface area contributed by atoms with E-state index in [1.165, 1.54) is 0 Å². The van der Waals surface area contributed by atoms with Crippen LogP contribution in [0.25, 0.3) is 0 Å². The number of ether oxygens (including phenoxy) is 1. The van der Waals surface area contributed by atoms with Crippen molar-refractivity contribution in [3.8, 4) is 5.75 Å². The molecule has 2 aliphatic rings. The van der Waals surface area contributed by atoms with Crippen LogP contribution in [0.15, 0.2) is 15.5 Å². The molecule has 1 fully saturated rings. The first-order valence-corrected chi connectivity index (χ1v) is 8.13. The van der Waals surface area contributed by atoms with Gasteiger partial charge in [-0.05, 0) is 35.2 Å². The first-order valence-electron chi connectivity index (χ1n) is 7.34. The molecule has 1 saturated carbocycles. The van der Waals surface area contributed by atoms with E-state index in [1.54, 1.807) is 11.1 Å². The maximum atomic E-state index is 12.7. The summed E-state index contributed by atoms with van der Waals surface area (Å²) in [6.45, 7) is 3.24. The van der Waals surface area contributed by atoms with Crippen molar-refractivity contribution in [3.05, 3.63) is 26.6 Å². The van der Waals surface area contributed by atoms with Gasteiger partial charge in [-0.2, -0.15) is 0 Å². The number of carbonyl (C=O) groups is 1. The molecule has 3 rings (SSSR count). The minimum absolute atomic E-state index is 0.0563. The van der Waals surface area contributed by atoms with Crippen molar-refractivity contribution >= 4 is 21.8 Å². The van der Waals surface area contributed by atoms with Crippen molar-refractivity contribution in [2.75, 3.05) is 13.7 Å². The quantitative estimate of drug-likeness (QED) is 0.780. The number of nitrogens with zero attached hydrogens (tertiary/aromatic N) is 2. The van der Waals surface area contributed by atoms with Crippen molar-refractivity contribution in [2.45, 2.75) is 44.7 Å². The molecule has 1 aliphatic heterocycles. The molecule has 114 valence electrons. The highest BCUT2D eigenvalue weighted by molar-refractivity contribution is 9.10. The van der Waals surface area contributed by atoms with E-state index in [9.17, 15) is 9.59 Å². The third-order valence-corrected chi connectivity index (χ3v) is 5.01. The van der Waals surface area contributed by atoms with E-state index in [2.05, 4.69) is 22.9 Å². The summed E-state index contributed by atoms with van der Waals surface area (Å²) in [5.74, 6) is 0.0695. The predicted octanol–water partition coefficient (Wildman–Crippen LogP) is 2.41. The van der Waals surface area contributed by atoms with Gasteiger partial charge in [0.2, 0.25) is 5.43 Å². The lowest BCUT2D eigenvalue weighted by molar-refractivity contribution is 0.0612. The van der Waals surface area contributed by atoms with Gasteiger partial charge in [0.05, 0.1) is 16.6 Å². The minimum Gasteiger partial charge on any atom is -0.487 e. The third kappa shape index (κ3) is 2.29. The fourth-order valence-corrected chi connectivity index (χ4v) is 3.27. The zero-order valence-corrected chi connectivity index (χ0v) is 13.9. The molecule has 1 spiro atoms. The molecule has 2 heterocycles. The average Bonchev–Trinajstić information content (AvgIpc) is 3.22. The Kier molecular flexibility index (Phi) is 3.59. The third-order valence-electron chi connectivity index (χ3n) is 4.45. The van der Waals surface area contributed by atoms with Crippen LogP contribution in [-0.4, -0.2) is 34.6 Å². The number of hydrogen-bond acceptors (Lipinski definition) is 3. The molecule has 1 aliphatic carbocycles. The Bertz CT molecular complexity index is 649. The van der Waals surface area contributed by atoms with Crippen molar-refractivity contribution in [3.63, 3.8) is 0 Å². The largest absolute Gasteiger partial charge is 0.487 e. The van der Waals surface area contributed by atoms with Gasteiger partial charge in [0.25, 0.3) is 5.91 Å². The van der Waals surface area contributed by atoms with Gasteiger partial charge in [0.1, 0.15) is 0 Å². The highest BCUT2D eigenvalue weighted by atomic mass is 79.9. The van der Waals surface area contributed by atoms with Crippen LogP contribution in [0.4, 0.5) is 0 Å². The van der Waals surface area contributed by atoms with E-state index in [0.717, 1.165) is 32.2 Å². The van der Waals surface area contributed by atoms with Gasteiger partial charge >= 0.3 is 0 Å². The van der Waals surface area contributed by atoms with Crippen molar-refractivity contribution < 1.29 is 9.53 Å². The van der Waals surface area contributed by atoms with Crippen molar-refractivity contribution in [1.29, 1.82) is 0 Å². The smallest absolute Gasteiger partial charge is 0.274 e. The summed E-state index contributed by atoms with van der Waals surface area (Å²) in [6.07, 6.45) is 5.60. The van der Waals surface area contributed by atoms with Crippen LogP contribution in [0.5, 0.6) is 5.75 Å². The average molecular weight is 355 g/mol. The maximum Gasteiger partial charge on any atom is 0.274 e.